The number of amides is 2. The van der Waals surface area contributed by atoms with Gasteiger partial charge in [0, 0.05) is 23.2 Å². The van der Waals surface area contributed by atoms with E-state index in [2.05, 4.69) is 5.32 Å². The van der Waals surface area contributed by atoms with Gasteiger partial charge < -0.3 is 15.0 Å². The lowest BCUT2D eigenvalue weighted by molar-refractivity contribution is -0.140. The number of methoxy groups -OCH3 is 1. The van der Waals surface area contributed by atoms with Gasteiger partial charge in [-0.3, -0.25) is 9.59 Å². The molecule has 0 fully saturated rings. The zero-order chi connectivity index (χ0) is 22.3. The number of hydrogen-bond acceptors (Lipinski definition) is 3. The molecule has 0 aromatic heterocycles. The second-order valence-corrected chi connectivity index (χ2v) is 7.65. The van der Waals surface area contributed by atoms with E-state index in [4.69, 9.17) is 16.3 Å². The minimum absolute atomic E-state index is 0.0188. The first-order valence-corrected chi connectivity index (χ1v) is 10.3. The van der Waals surface area contributed by atoms with Crippen LogP contribution in [0.5, 0.6) is 5.75 Å². The molecule has 0 unspecified atom stereocenters. The van der Waals surface area contributed by atoms with Gasteiger partial charge in [-0.05, 0) is 50.1 Å². The van der Waals surface area contributed by atoms with Crippen molar-refractivity contribution in [1.82, 2.24) is 10.2 Å². The summed E-state index contributed by atoms with van der Waals surface area (Å²) in [5.74, 6) is -0.556. The summed E-state index contributed by atoms with van der Waals surface area (Å²) in [6, 6.07) is 10.8. The van der Waals surface area contributed by atoms with Crippen LogP contribution in [-0.2, 0) is 22.6 Å². The molecule has 0 bridgehead atoms. The molecule has 0 aliphatic carbocycles. The van der Waals surface area contributed by atoms with Crippen molar-refractivity contribution in [2.24, 2.45) is 0 Å². The highest BCUT2D eigenvalue weighted by Crippen LogP contribution is 2.22. The maximum atomic E-state index is 14.2. The molecule has 0 aliphatic rings. The second kappa shape index (κ2) is 11.0. The fraction of sp³-hybridized carbons (Fsp3) is 0.391. The lowest BCUT2D eigenvalue weighted by atomic mass is 10.1. The van der Waals surface area contributed by atoms with E-state index in [1.165, 1.54) is 17.0 Å². The van der Waals surface area contributed by atoms with Gasteiger partial charge in [0.15, 0.2) is 0 Å². The van der Waals surface area contributed by atoms with Gasteiger partial charge in [0.2, 0.25) is 11.8 Å². The topological polar surface area (TPSA) is 58.6 Å². The molecule has 5 nitrogen and oxygen atoms in total. The monoisotopic (exact) mass is 434 g/mol. The Hall–Kier alpha value is -2.60. The maximum Gasteiger partial charge on any atom is 0.242 e. The summed E-state index contributed by atoms with van der Waals surface area (Å²) in [6.07, 6.45) is 0.531. The van der Waals surface area contributed by atoms with E-state index < -0.39 is 17.8 Å². The fourth-order valence-electron chi connectivity index (χ4n) is 2.97. The Balaban J connectivity index is 2.31. The van der Waals surface area contributed by atoms with E-state index in [1.807, 2.05) is 26.0 Å². The molecule has 0 spiro atoms. The summed E-state index contributed by atoms with van der Waals surface area (Å²) < 4.78 is 19.5. The number of nitrogens with one attached hydrogen (secondary N) is 1. The van der Waals surface area contributed by atoms with E-state index in [9.17, 15) is 14.0 Å². The molecule has 0 saturated heterocycles. The highest BCUT2D eigenvalue weighted by Gasteiger charge is 2.28. The van der Waals surface area contributed by atoms with Crippen molar-refractivity contribution in [2.75, 3.05) is 7.11 Å². The molecular formula is C23H28ClFN2O3. The third kappa shape index (κ3) is 6.20. The van der Waals surface area contributed by atoms with Crippen LogP contribution in [0.15, 0.2) is 42.5 Å². The Morgan fingerprint density at radius 2 is 1.90 bits per heavy atom. The number of halogens is 2. The van der Waals surface area contributed by atoms with Crippen LogP contribution in [0.25, 0.3) is 0 Å². The number of ether oxygens (including phenoxy) is 1. The summed E-state index contributed by atoms with van der Waals surface area (Å²) in [5, 5.41) is 3.08. The van der Waals surface area contributed by atoms with Crippen molar-refractivity contribution in [3.63, 3.8) is 0 Å². The Morgan fingerprint density at radius 1 is 1.20 bits per heavy atom. The molecule has 30 heavy (non-hydrogen) atoms. The van der Waals surface area contributed by atoms with Gasteiger partial charge in [-0.1, -0.05) is 36.7 Å². The van der Waals surface area contributed by atoms with E-state index in [0.717, 1.165) is 12.0 Å². The largest absolute Gasteiger partial charge is 0.497 e. The predicted octanol–water partition coefficient (Wildman–Crippen LogP) is 4.36. The number of carbonyl (C=O) groups excluding carboxylic acids is 2. The number of carbonyl (C=O) groups is 2. The smallest absolute Gasteiger partial charge is 0.242 e. The number of hydrogen-bond donors (Lipinski definition) is 1. The van der Waals surface area contributed by atoms with Gasteiger partial charge in [0.25, 0.3) is 0 Å². The number of rotatable bonds is 9. The lowest BCUT2D eigenvalue weighted by Gasteiger charge is -2.30. The van der Waals surface area contributed by atoms with Crippen molar-refractivity contribution in [3.8, 4) is 5.75 Å². The van der Waals surface area contributed by atoms with E-state index in [0.29, 0.717) is 5.75 Å². The van der Waals surface area contributed by atoms with Crippen LogP contribution in [0, 0.1) is 5.82 Å². The van der Waals surface area contributed by atoms with Gasteiger partial charge in [-0.2, -0.15) is 0 Å². The molecule has 2 amide bonds. The summed E-state index contributed by atoms with van der Waals surface area (Å²) >= 11 is 6.10. The summed E-state index contributed by atoms with van der Waals surface area (Å²) in [4.78, 5) is 27.3. The summed E-state index contributed by atoms with van der Waals surface area (Å²) in [7, 11) is 1.56. The van der Waals surface area contributed by atoms with E-state index >= 15 is 0 Å². The molecule has 0 saturated carbocycles. The first-order chi connectivity index (χ1) is 14.3. The molecule has 2 aromatic rings. The van der Waals surface area contributed by atoms with Crippen molar-refractivity contribution in [1.29, 1.82) is 0 Å². The van der Waals surface area contributed by atoms with Crippen LogP contribution >= 0.6 is 11.6 Å². The molecule has 1 N–H and O–H groups in total. The molecular weight excluding hydrogens is 407 g/mol. The average molecular weight is 435 g/mol. The molecule has 7 heteroatoms. The first kappa shape index (κ1) is 23.7. The normalized spacial score (nSPS) is 12.7. The highest BCUT2D eigenvalue weighted by molar-refractivity contribution is 6.31. The van der Waals surface area contributed by atoms with E-state index in [1.54, 1.807) is 32.2 Å². The average Bonchev–Trinajstić information content (AvgIpc) is 2.74. The highest BCUT2D eigenvalue weighted by atomic mass is 35.5. The van der Waals surface area contributed by atoms with Crippen molar-refractivity contribution >= 4 is 23.4 Å². The minimum atomic E-state index is -0.747. The molecule has 0 radical (unpaired) electrons. The fourth-order valence-corrected chi connectivity index (χ4v) is 3.20. The first-order valence-electron chi connectivity index (χ1n) is 9.92. The number of nitrogens with zero attached hydrogens (tertiary/aromatic N) is 1. The third-order valence-corrected chi connectivity index (χ3v) is 5.40. The van der Waals surface area contributed by atoms with Crippen molar-refractivity contribution < 1.29 is 18.7 Å². The molecule has 2 rings (SSSR count). The van der Waals surface area contributed by atoms with Crippen LogP contribution in [-0.4, -0.2) is 35.9 Å². The van der Waals surface area contributed by atoms with Crippen LogP contribution in [0.4, 0.5) is 4.39 Å². The zero-order valence-electron chi connectivity index (χ0n) is 17.7. The quantitative estimate of drug-likeness (QED) is 0.637. The Labute approximate surface area is 182 Å². The SMILES string of the molecule is CC[C@@H](C)NC(=O)[C@@H](C)N(Cc1cccc(OC)c1)C(=O)Cc1c(F)cccc1Cl. The van der Waals surface area contributed by atoms with Gasteiger partial charge in [0.05, 0.1) is 13.5 Å². The standard InChI is InChI=1S/C23H28ClFN2O3/c1-5-15(2)26-23(29)16(3)27(14-17-8-6-9-18(12-17)30-4)22(28)13-19-20(24)10-7-11-21(19)25/h6-12,15-16H,5,13-14H2,1-4H3,(H,26,29)/t15-,16-/m1/s1. The van der Waals surface area contributed by atoms with Gasteiger partial charge in [-0.25, -0.2) is 4.39 Å². The van der Waals surface area contributed by atoms with Crippen molar-refractivity contribution in [3.05, 3.63) is 64.4 Å². The van der Waals surface area contributed by atoms with Gasteiger partial charge in [-0.15, -0.1) is 0 Å². The van der Waals surface area contributed by atoms with Crippen LogP contribution in [0.1, 0.15) is 38.3 Å². The van der Waals surface area contributed by atoms with E-state index in [-0.39, 0.29) is 35.5 Å². The zero-order valence-corrected chi connectivity index (χ0v) is 18.5. The Bertz CT molecular complexity index is 870. The third-order valence-electron chi connectivity index (χ3n) is 5.05. The Kier molecular flexibility index (Phi) is 8.66. The number of benzene rings is 2. The molecule has 0 aliphatic heterocycles. The molecule has 162 valence electrons. The van der Waals surface area contributed by atoms with Gasteiger partial charge >= 0.3 is 0 Å². The Morgan fingerprint density at radius 3 is 2.53 bits per heavy atom. The lowest BCUT2D eigenvalue weighted by Crippen LogP contribution is -2.50. The maximum absolute atomic E-state index is 14.2. The molecule has 2 atom stereocenters. The molecule has 0 heterocycles. The second-order valence-electron chi connectivity index (χ2n) is 7.24. The van der Waals surface area contributed by atoms with Crippen LogP contribution < -0.4 is 10.1 Å². The van der Waals surface area contributed by atoms with Gasteiger partial charge in [0.1, 0.15) is 17.6 Å². The minimum Gasteiger partial charge on any atom is -0.497 e. The summed E-state index contributed by atoms with van der Waals surface area (Å²) in [6.45, 7) is 5.71. The molecule has 2 aromatic carbocycles. The van der Waals surface area contributed by atoms with Crippen LogP contribution in [0.3, 0.4) is 0 Å². The predicted molar refractivity (Wildman–Crippen MR) is 116 cm³/mol. The van der Waals surface area contributed by atoms with Crippen LogP contribution in [0.2, 0.25) is 5.02 Å². The van der Waals surface area contributed by atoms with Crippen molar-refractivity contribution in [2.45, 2.75) is 52.2 Å². The summed E-state index contributed by atoms with van der Waals surface area (Å²) in [5.41, 5.74) is 0.917.